The molecule has 1 heterocycles. The molecule has 2 aromatic rings. The molecule has 0 atom stereocenters. The molecule has 0 amide bonds. The Labute approximate surface area is 95.6 Å². The van der Waals surface area contributed by atoms with E-state index in [2.05, 4.69) is 22.0 Å². The maximum Gasteiger partial charge on any atom is 0.208 e. The number of benzene rings is 1. The van der Waals surface area contributed by atoms with Gasteiger partial charge in [0.1, 0.15) is 11.7 Å². The summed E-state index contributed by atoms with van der Waals surface area (Å²) in [5, 5.41) is 10.1. The topological polar surface area (TPSA) is 36.9 Å². The van der Waals surface area contributed by atoms with Crippen LogP contribution in [0.2, 0.25) is 0 Å². The van der Waals surface area contributed by atoms with Gasteiger partial charge in [0.2, 0.25) is 5.76 Å². The Kier molecular flexibility index (Phi) is 1.86. The zero-order chi connectivity index (χ0) is 10.4. The Morgan fingerprint density at radius 2 is 2.20 bits per heavy atom. The predicted molar refractivity (Wildman–Crippen MR) is 60.6 cm³/mol. The predicted octanol–water partition coefficient (Wildman–Crippen LogP) is 3.94. The first kappa shape index (κ1) is 8.99. The maximum absolute atomic E-state index is 9.01. The van der Waals surface area contributed by atoms with Crippen molar-refractivity contribution in [1.29, 1.82) is 5.26 Å². The minimum atomic E-state index is 0.491. The van der Waals surface area contributed by atoms with Crippen LogP contribution in [0.4, 0.5) is 0 Å². The highest BCUT2D eigenvalue weighted by atomic mass is 79.9. The normalized spacial score (nSPS) is 15.5. The van der Waals surface area contributed by atoms with Gasteiger partial charge in [0.15, 0.2) is 0 Å². The Morgan fingerprint density at radius 1 is 1.40 bits per heavy atom. The molecular formula is C12H8BrNO. The molecule has 0 unspecified atom stereocenters. The lowest BCUT2D eigenvalue weighted by atomic mass is 10.1. The molecule has 15 heavy (non-hydrogen) atoms. The second kappa shape index (κ2) is 3.11. The quantitative estimate of drug-likeness (QED) is 0.780. The van der Waals surface area contributed by atoms with Gasteiger partial charge in [0.25, 0.3) is 0 Å². The minimum absolute atomic E-state index is 0.491. The van der Waals surface area contributed by atoms with Crippen LogP contribution in [0.5, 0.6) is 0 Å². The SMILES string of the molecule is N#Cc1oc2ccc(Br)cc2c1C1CC1. The van der Waals surface area contributed by atoms with Gasteiger partial charge in [-0.1, -0.05) is 15.9 Å². The Hall–Kier alpha value is -1.27. The van der Waals surface area contributed by atoms with E-state index in [1.54, 1.807) is 0 Å². The fraction of sp³-hybridized carbons (Fsp3) is 0.250. The van der Waals surface area contributed by atoms with Crippen molar-refractivity contribution in [2.45, 2.75) is 18.8 Å². The number of rotatable bonds is 1. The van der Waals surface area contributed by atoms with E-state index >= 15 is 0 Å². The molecule has 74 valence electrons. The average Bonchev–Trinajstić information content (AvgIpc) is 2.99. The highest BCUT2D eigenvalue weighted by Crippen LogP contribution is 2.46. The van der Waals surface area contributed by atoms with E-state index in [9.17, 15) is 0 Å². The van der Waals surface area contributed by atoms with Crippen molar-refractivity contribution in [3.8, 4) is 6.07 Å². The van der Waals surface area contributed by atoms with Gasteiger partial charge in [-0.3, -0.25) is 0 Å². The molecule has 3 heteroatoms. The second-order valence-corrected chi connectivity index (χ2v) is 4.79. The van der Waals surface area contributed by atoms with Crippen molar-refractivity contribution in [2.24, 2.45) is 0 Å². The molecule has 1 saturated carbocycles. The van der Waals surface area contributed by atoms with Gasteiger partial charge in [-0.2, -0.15) is 5.26 Å². The van der Waals surface area contributed by atoms with Crippen LogP contribution in [0, 0.1) is 11.3 Å². The number of hydrogen-bond acceptors (Lipinski definition) is 2. The third-order valence-corrected chi connectivity index (χ3v) is 3.27. The van der Waals surface area contributed by atoms with Crippen LogP contribution in [-0.2, 0) is 0 Å². The van der Waals surface area contributed by atoms with Gasteiger partial charge in [0.05, 0.1) is 0 Å². The number of halogens is 1. The minimum Gasteiger partial charge on any atom is -0.445 e. The molecule has 2 nitrogen and oxygen atoms in total. The van der Waals surface area contributed by atoms with Crippen LogP contribution in [0.15, 0.2) is 27.1 Å². The van der Waals surface area contributed by atoms with Gasteiger partial charge >= 0.3 is 0 Å². The Bertz CT molecular complexity index is 575. The lowest BCUT2D eigenvalue weighted by molar-refractivity contribution is 0.594. The molecule has 0 bridgehead atoms. The molecule has 0 saturated heterocycles. The van der Waals surface area contributed by atoms with Crippen molar-refractivity contribution < 1.29 is 4.42 Å². The summed E-state index contributed by atoms with van der Waals surface area (Å²) in [4.78, 5) is 0. The van der Waals surface area contributed by atoms with Gasteiger partial charge < -0.3 is 4.42 Å². The van der Waals surface area contributed by atoms with E-state index in [1.165, 1.54) is 12.8 Å². The number of furan rings is 1. The molecule has 0 aliphatic heterocycles. The lowest BCUT2D eigenvalue weighted by Crippen LogP contribution is -1.80. The third kappa shape index (κ3) is 1.37. The average molecular weight is 262 g/mol. The van der Waals surface area contributed by atoms with Crippen molar-refractivity contribution >= 4 is 26.9 Å². The van der Waals surface area contributed by atoms with Crippen LogP contribution in [0.3, 0.4) is 0 Å². The third-order valence-electron chi connectivity index (χ3n) is 2.78. The summed E-state index contributed by atoms with van der Waals surface area (Å²) >= 11 is 3.44. The zero-order valence-corrected chi connectivity index (χ0v) is 9.54. The number of nitriles is 1. The van der Waals surface area contributed by atoms with Crippen molar-refractivity contribution in [2.75, 3.05) is 0 Å². The second-order valence-electron chi connectivity index (χ2n) is 3.87. The molecule has 1 aliphatic carbocycles. The van der Waals surface area contributed by atoms with Crippen LogP contribution in [0.25, 0.3) is 11.0 Å². The fourth-order valence-corrected chi connectivity index (χ4v) is 2.31. The summed E-state index contributed by atoms with van der Waals surface area (Å²) in [6.45, 7) is 0. The van der Waals surface area contributed by atoms with Gasteiger partial charge in [-0.25, -0.2) is 0 Å². The molecule has 1 aliphatic rings. The van der Waals surface area contributed by atoms with E-state index in [0.29, 0.717) is 11.7 Å². The molecule has 0 spiro atoms. The molecule has 0 N–H and O–H groups in total. The summed E-state index contributed by atoms with van der Waals surface area (Å²) in [7, 11) is 0. The first-order valence-corrected chi connectivity index (χ1v) is 5.71. The van der Waals surface area contributed by atoms with E-state index in [1.807, 2.05) is 18.2 Å². The maximum atomic E-state index is 9.01. The summed E-state index contributed by atoms with van der Waals surface area (Å²) < 4.78 is 6.55. The largest absolute Gasteiger partial charge is 0.445 e. The van der Waals surface area contributed by atoms with E-state index in [-0.39, 0.29) is 0 Å². The highest BCUT2D eigenvalue weighted by Gasteiger charge is 2.30. The molecule has 1 fully saturated rings. The van der Waals surface area contributed by atoms with E-state index in [4.69, 9.17) is 9.68 Å². The van der Waals surface area contributed by atoms with Crippen molar-refractivity contribution in [1.82, 2.24) is 0 Å². The van der Waals surface area contributed by atoms with Crippen molar-refractivity contribution in [3.63, 3.8) is 0 Å². The highest BCUT2D eigenvalue weighted by molar-refractivity contribution is 9.10. The molecule has 1 aromatic carbocycles. The summed E-state index contributed by atoms with van der Waals surface area (Å²) in [6, 6.07) is 8.02. The summed E-state index contributed by atoms with van der Waals surface area (Å²) in [5.74, 6) is 1.03. The zero-order valence-electron chi connectivity index (χ0n) is 7.96. The smallest absolute Gasteiger partial charge is 0.208 e. The Balaban J connectivity index is 2.36. The molecular weight excluding hydrogens is 254 g/mol. The van der Waals surface area contributed by atoms with Crippen LogP contribution in [-0.4, -0.2) is 0 Å². The summed E-state index contributed by atoms with van der Waals surface area (Å²) in [6.07, 6.45) is 2.35. The van der Waals surface area contributed by atoms with E-state index in [0.717, 1.165) is 21.0 Å². The Morgan fingerprint density at radius 3 is 2.87 bits per heavy atom. The fourth-order valence-electron chi connectivity index (χ4n) is 1.95. The number of fused-ring (bicyclic) bond motifs is 1. The number of hydrogen-bond donors (Lipinski definition) is 0. The van der Waals surface area contributed by atoms with Gasteiger partial charge in [-0.05, 0) is 37.0 Å². The lowest BCUT2D eigenvalue weighted by Gasteiger charge is -1.94. The van der Waals surface area contributed by atoms with Gasteiger partial charge in [-0.15, -0.1) is 0 Å². The molecule has 3 rings (SSSR count). The monoisotopic (exact) mass is 261 g/mol. The van der Waals surface area contributed by atoms with Crippen LogP contribution >= 0.6 is 15.9 Å². The van der Waals surface area contributed by atoms with Crippen LogP contribution < -0.4 is 0 Å². The standard InChI is InChI=1S/C12H8BrNO/c13-8-3-4-10-9(5-8)12(7-1-2-7)11(6-14)15-10/h3-5,7H,1-2H2. The van der Waals surface area contributed by atoms with Crippen LogP contribution in [0.1, 0.15) is 30.1 Å². The summed E-state index contributed by atoms with van der Waals surface area (Å²) in [5.41, 5.74) is 1.92. The van der Waals surface area contributed by atoms with Crippen molar-refractivity contribution in [3.05, 3.63) is 34.0 Å². The first-order valence-electron chi connectivity index (χ1n) is 4.91. The van der Waals surface area contributed by atoms with Gasteiger partial charge in [0, 0.05) is 15.4 Å². The van der Waals surface area contributed by atoms with E-state index < -0.39 is 0 Å². The number of nitrogens with zero attached hydrogens (tertiary/aromatic N) is 1. The first-order chi connectivity index (χ1) is 7.29. The molecule has 1 aromatic heterocycles. The molecule has 0 radical (unpaired) electrons.